The highest BCUT2D eigenvalue weighted by Gasteiger charge is 2.31. The number of hydrogen-bond donors (Lipinski definition) is 0. The number of nitrogens with zero attached hydrogens (tertiary/aromatic N) is 3. The topological polar surface area (TPSA) is 30.3 Å². The van der Waals surface area contributed by atoms with E-state index in [2.05, 4.69) is 60.0 Å². The summed E-state index contributed by atoms with van der Waals surface area (Å²) in [7, 11) is 0. The second-order valence-electron chi connectivity index (χ2n) is 8.10. The summed E-state index contributed by atoms with van der Waals surface area (Å²) in [5.74, 6) is 0. The van der Waals surface area contributed by atoms with Crippen molar-refractivity contribution in [2.45, 2.75) is 25.9 Å². The zero-order chi connectivity index (χ0) is 22.0. The van der Waals surface area contributed by atoms with Gasteiger partial charge < -0.3 is 4.90 Å². The molecule has 5 heteroatoms. The van der Waals surface area contributed by atoms with Gasteiger partial charge in [0.15, 0.2) is 0 Å². The number of hydrogen-bond acceptors (Lipinski definition) is 3. The van der Waals surface area contributed by atoms with Gasteiger partial charge in [-0.25, -0.2) is 0 Å². The number of anilines is 1. The molecule has 158 valence electrons. The molecule has 0 unspecified atom stereocenters. The minimum atomic E-state index is 0.201. The summed E-state index contributed by atoms with van der Waals surface area (Å²) in [5.41, 5.74) is 5.56. The van der Waals surface area contributed by atoms with Gasteiger partial charge in [0.2, 0.25) is 0 Å². The van der Waals surface area contributed by atoms with Crippen molar-refractivity contribution in [1.29, 1.82) is 5.26 Å². The lowest BCUT2D eigenvalue weighted by molar-refractivity contribution is 0.171. The molecule has 0 aromatic heterocycles. The number of piperazine rings is 1. The molecule has 0 amide bonds. The molecule has 3 aromatic carbocycles. The van der Waals surface area contributed by atoms with Crippen molar-refractivity contribution in [1.82, 2.24) is 4.90 Å². The predicted octanol–water partition coefficient (Wildman–Crippen LogP) is 6.80. The molecule has 1 heterocycles. The highest BCUT2D eigenvalue weighted by Crippen LogP contribution is 2.36. The quantitative estimate of drug-likeness (QED) is 0.438. The van der Waals surface area contributed by atoms with Crippen LogP contribution in [0.15, 0.2) is 66.7 Å². The normalized spacial score (nSPS) is 17.9. The lowest BCUT2D eigenvalue weighted by atomic mass is 9.97. The zero-order valence-corrected chi connectivity index (χ0v) is 19.2. The average Bonchev–Trinajstić information content (AvgIpc) is 2.79. The zero-order valence-electron chi connectivity index (χ0n) is 17.7. The van der Waals surface area contributed by atoms with Crippen molar-refractivity contribution in [3.63, 3.8) is 0 Å². The SMILES string of the molecule is Cc1cc(Cl)ccc1N1CCN([C@@H](C)c2ccc(C#N)cc2)C[C@H]1c1ccc(Cl)cc1. The Bertz CT molecular complexity index is 1090. The Kier molecular flexibility index (Phi) is 6.53. The lowest BCUT2D eigenvalue weighted by Gasteiger charge is -2.45. The summed E-state index contributed by atoms with van der Waals surface area (Å²) in [6.07, 6.45) is 0. The van der Waals surface area contributed by atoms with Crippen molar-refractivity contribution in [2.24, 2.45) is 0 Å². The maximum absolute atomic E-state index is 9.09. The van der Waals surface area contributed by atoms with Gasteiger partial charge in [-0.3, -0.25) is 4.90 Å². The Morgan fingerprint density at radius 2 is 1.61 bits per heavy atom. The van der Waals surface area contributed by atoms with Crippen LogP contribution in [0.25, 0.3) is 0 Å². The molecular weight excluding hydrogens is 425 g/mol. The Balaban J connectivity index is 1.65. The number of benzene rings is 3. The molecule has 1 saturated heterocycles. The summed E-state index contributed by atoms with van der Waals surface area (Å²) in [4.78, 5) is 5.00. The standard InChI is InChI=1S/C26H25Cl2N3/c1-18-15-24(28)11-12-25(18)31-14-13-30(17-26(31)22-7-9-23(27)10-8-22)19(2)21-5-3-20(16-29)4-6-21/h3-12,15,19,26H,13-14,17H2,1-2H3/t19-,26-/m0/s1. The van der Waals surface area contributed by atoms with Gasteiger partial charge in [0, 0.05) is 41.4 Å². The first kappa shape index (κ1) is 21.7. The molecule has 1 aliphatic heterocycles. The molecule has 0 spiro atoms. The third-order valence-corrected chi connectivity index (χ3v) is 6.69. The van der Waals surface area contributed by atoms with Crippen LogP contribution in [0.3, 0.4) is 0 Å². The monoisotopic (exact) mass is 449 g/mol. The van der Waals surface area contributed by atoms with Crippen LogP contribution in [0.4, 0.5) is 5.69 Å². The van der Waals surface area contributed by atoms with Crippen molar-refractivity contribution < 1.29 is 0 Å². The maximum atomic E-state index is 9.09. The van der Waals surface area contributed by atoms with E-state index in [1.165, 1.54) is 22.4 Å². The van der Waals surface area contributed by atoms with Crippen molar-refractivity contribution >= 4 is 28.9 Å². The van der Waals surface area contributed by atoms with Crippen LogP contribution in [-0.4, -0.2) is 24.5 Å². The van der Waals surface area contributed by atoms with E-state index in [0.717, 1.165) is 29.7 Å². The van der Waals surface area contributed by atoms with E-state index in [4.69, 9.17) is 28.5 Å². The van der Waals surface area contributed by atoms with E-state index in [1.54, 1.807) is 0 Å². The highest BCUT2D eigenvalue weighted by molar-refractivity contribution is 6.31. The van der Waals surface area contributed by atoms with Crippen LogP contribution in [0.1, 0.15) is 41.3 Å². The van der Waals surface area contributed by atoms with Crippen LogP contribution in [0, 0.1) is 18.3 Å². The number of halogens is 2. The first-order valence-corrected chi connectivity index (χ1v) is 11.2. The molecule has 3 aromatic rings. The molecule has 0 bridgehead atoms. The molecule has 0 radical (unpaired) electrons. The first-order valence-electron chi connectivity index (χ1n) is 10.5. The highest BCUT2D eigenvalue weighted by atomic mass is 35.5. The molecule has 2 atom stereocenters. The van der Waals surface area contributed by atoms with E-state index < -0.39 is 0 Å². The van der Waals surface area contributed by atoms with Crippen LogP contribution in [-0.2, 0) is 0 Å². The van der Waals surface area contributed by atoms with E-state index in [9.17, 15) is 0 Å². The molecule has 0 aliphatic carbocycles. The molecule has 1 fully saturated rings. The molecule has 31 heavy (non-hydrogen) atoms. The summed E-state index contributed by atoms with van der Waals surface area (Å²) in [6, 6.07) is 24.9. The summed E-state index contributed by atoms with van der Waals surface area (Å²) >= 11 is 12.4. The van der Waals surface area contributed by atoms with Gasteiger partial charge in [-0.2, -0.15) is 5.26 Å². The summed E-state index contributed by atoms with van der Waals surface area (Å²) < 4.78 is 0. The second kappa shape index (κ2) is 9.32. The van der Waals surface area contributed by atoms with Crippen molar-refractivity contribution in [2.75, 3.05) is 24.5 Å². The molecule has 1 aliphatic rings. The Labute approximate surface area is 194 Å². The molecule has 4 rings (SSSR count). The Morgan fingerprint density at radius 1 is 0.935 bits per heavy atom. The minimum absolute atomic E-state index is 0.201. The van der Waals surface area contributed by atoms with Gasteiger partial charge >= 0.3 is 0 Å². The van der Waals surface area contributed by atoms with Crippen LogP contribution in [0.5, 0.6) is 0 Å². The molecule has 0 N–H and O–H groups in total. The van der Waals surface area contributed by atoms with E-state index in [1.807, 2.05) is 36.4 Å². The smallest absolute Gasteiger partial charge is 0.0991 e. The van der Waals surface area contributed by atoms with Crippen LogP contribution >= 0.6 is 23.2 Å². The maximum Gasteiger partial charge on any atom is 0.0991 e. The third-order valence-electron chi connectivity index (χ3n) is 6.20. The molecule has 3 nitrogen and oxygen atoms in total. The molecular formula is C26H25Cl2N3. The van der Waals surface area contributed by atoms with Crippen LogP contribution < -0.4 is 4.90 Å². The number of nitriles is 1. The fraction of sp³-hybridized carbons (Fsp3) is 0.269. The van der Waals surface area contributed by atoms with E-state index >= 15 is 0 Å². The fourth-order valence-electron chi connectivity index (χ4n) is 4.40. The van der Waals surface area contributed by atoms with Gasteiger partial charge in [0.25, 0.3) is 0 Å². The van der Waals surface area contributed by atoms with Gasteiger partial charge in [-0.1, -0.05) is 47.5 Å². The van der Waals surface area contributed by atoms with Gasteiger partial charge in [0.05, 0.1) is 17.7 Å². The second-order valence-corrected chi connectivity index (χ2v) is 8.97. The predicted molar refractivity (Wildman–Crippen MR) is 129 cm³/mol. The van der Waals surface area contributed by atoms with Crippen molar-refractivity contribution in [3.05, 3.63) is 99.0 Å². The lowest BCUT2D eigenvalue weighted by Crippen LogP contribution is -2.49. The van der Waals surface area contributed by atoms with E-state index in [-0.39, 0.29) is 12.1 Å². The van der Waals surface area contributed by atoms with E-state index in [0.29, 0.717) is 5.56 Å². The summed E-state index contributed by atoms with van der Waals surface area (Å²) in [6.45, 7) is 7.12. The fourth-order valence-corrected chi connectivity index (χ4v) is 4.76. The largest absolute Gasteiger partial charge is 0.362 e. The Morgan fingerprint density at radius 3 is 2.26 bits per heavy atom. The van der Waals surface area contributed by atoms with Gasteiger partial charge in [0.1, 0.15) is 0 Å². The average molecular weight is 450 g/mol. The van der Waals surface area contributed by atoms with Crippen molar-refractivity contribution in [3.8, 4) is 6.07 Å². The molecule has 0 saturated carbocycles. The third kappa shape index (κ3) is 4.72. The number of rotatable bonds is 4. The van der Waals surface area contributed by atoms with Crippen LogP contribution in [0.2, 0.25) is 10.0 Å². The van der Waals surface area contributed by atoms with Gasteiger partial charge in [-0.05, 0) is 73.0 Å². The van der Waals surface area contributed by atoms with Gasteiger partial charge in [-0.15, -0.1) is 0 Å². The number of aryl methyl sites for hydroxylation is 1. The minimum Gasteiger partial charge on any atom is -0.362 e. The Hall–Kier alpha value is -2.51. The summed E-state index contributed by atoms with van der Waals surface area (Å²) in [5, 5.41) is 10.6. The first-order chi connectivity index (χ1) is 15.0.